The fourth-order valence-electron chi connectivity index (χ4n) is 3.16. The van der Waals surface area contributed by atoms with Crippen molar-refractivity contribution in [2.75, 3.05) is 18.5 Å². The van der Waals surface area contributed by atoms with Gasteiger partial charge in [0, 0.05) is 44.4 Å². The van der Waals surface area contributed by atoms with E-state index in [1.54, 1.807) is 6.20 Å². The molecule has 0 bridgehead atoms. The van der Waals surface area contributed by atoms with Crippen molar-refractivity contribution in [3.8, 4) is 0 Å². The van der Waals surface area contributed by atoms with E-state index in [4.69, 9.17) is 4.74 Å². The minimum absolute atomic E-state index is 0.0278. The number of hydrogen-bond donors (Lipinski definition) is 1. The summed E-state index contributed by atoms with van der Waals surface area (Å²) >= 11 is 0. The molecule has 1 saturated heterocycles. The van der Waals surface area contributed by atoms with Crippen LogP contribution in [0.1, 0.15) is 18.2 Å². The van der Waals surface area contributed by atoms with Gasteiger partial charge in [0.1, 0.15) is 11.9 Å². The average Bonchev–Trinajstić information content (AvgIpc) is 3.22. The molecular formula is C17H17F2N5O. The molecule has 1 aliphatic heterocycles. The van der Waals surface area contributed by atoms with Crippen LogP contribution in [-0.4, -0.2) is 32.9 Å². The highest BCUT2D eigenvalue weighted by Gasteiger charge is 2.31. The molecule has 0 radical (unpaired) electrons. The Balaban J connectivity index is 1.50. The third-order valence-corrected chi connectivity index (χ3v) is 4.49. The van der Waals surface area contributed by atoms with Crippen LogP contribution in [0.15, 0.2) is 30.6 Å². The van der Waals surface area contributed by atoms with Gasteiger partial charge in [-0.2, -0.15) is 5.10 Å². The summed E-state index contributed by atoms with van der Waals surface area (Å²) in [4.78, 5) is 8.44. The van der Waals surface area contributed by atoms with Gasteiger partial charge in [-0.05, 0) is 12.5 Å². The van der Waals surface area contributed by atoms with Crippen LogP contribution in [0.3, 0.4) is 0 Å². The zero-order valence-corrected chi connectivity index (χ0v) is 13.6. The van der Waals surface area contributed by atoms with Crippen LogP contribution < -0.4 is 5.32 Å². The second kappa shape index (κ2) is 6.36. The van der Waals surface area contributed by atoms with Gasteiger partial charge < -0.3 is 10.1 Å². The van der Waals surface area contributed by atoms with Crippen LogP contribution in [-0.2, 0) is 11.8 Å². The van der Waals surface area contributed by atoms with E-state index in [1.165, 1.54) is 6.20 Å². The minimum atomic E-state index is -0.931. The van der Waals surface area contributed by atoms with Crippen LogP contribution in [0, 0.1) is 17.6 Å². The van der Waals surface area contributed by atoms with Crippen LogP contribution in [0.25, 0.3) is 11.0 Å². The fraction of sp³-hybridized carbons (Fsp3) is 0.353. The van der Waals surface area contributed by atoms with E-state index in [9.17, 15) is 8.78 Å². The summed E-state index contributed by atoms with van der Waals surface area (Å²) in [6.45, 7) is 1.33. The molecule has 25 heavy (non-hydrogen) atoms. The Labute approximate surface area is 142 Å². The van der Waals surface area contributed by atoms with Gasteiger partial charge in [-0.15, -0.1) is 0 Å². The Bertz CT molecular complexity index is 913. The summed E-state index contributed by atoms with van der Waals surface area (Å²) in [6, 6.07) is 4.06. The second-order valence-electron chi connectivity index (χ2n) is 6.11. The number of aryl methyl sites for hydroxylation is 1. The average molecular weight is 345 g/mol. The van der Waals surface area contributed by atoms with Gasteiger partial charge in [0.25, 0.3) is 0 Å². The van der Waals surface area contributed by atoms with E-state index in [-0.39, 0.29) is 12.0 Å². The van der Waals surface area contributed by atoms with Gasteiger partial charge >= 0.3 is 0 Å². The standard InChI is InChI=1S/C17H17F2N5O/c1-24-15(2-4-22-24)17-10(3-5-25-17)8-21-16-9-20-13-6-11(18)12(19)7-14(13)23-16/h2,4,6-7,9-10,17H,3,5,8H2,1H3,(H,21,23)/t10-,17+/m0/s1. The molecule has 130 valence electrons. The molecule has 1 aliphatic rings. The molecule has 0 saturated carbocycles. The Kier molecular flexibility index (Phi) is 4.04. The molecule has 0 aliphatic carbocycles. The molecule has 2 atom stereocenters. The molecule has 6 nitrogen and oxygen atoms in total. The molecule has 2 aromatic heterocycles. The van der Waals surface area contributed by atoms with E-state index >= 15 is 0 Å². The minimum Gasteiger partial charge on any atom is -0.372 e. The maximum Gasteiger partial charge on any atom is 0.161 e. The van der Waals surface area contributed by atoms with Crippen molar-refractivity contribution in [1.82, 2.24) is 19.7 Å². The zero-order chi connectivity index (χ0) is 17.4. The van der Waals surface area contributed by atoms with Crippen molar-refractivity contribution in [3.63, 3.8) is 0 Å². The number of benzene rings is 1. The Hall–Kier alpha value is -2.61. The molecule has 0 spiro atoms. The van der Waals surface area contributed by atoms with Crippen LogP contribution >= 0.6 is 0 Å². The lowest BCUT2D eigenvalue weighted by atomic mass is 9.99. The van der Waals surface area contributed by atoms with Gasteiger partial charge in [0.2, 0.25) is 0 Å². The van der Waals surface area contributed by atoms with Crippen molar-refractivity contribution in [3.05, 3.63) is 47.9 Å². The van der Waals surface area contributed by atoms with E-state index < -0.39 is 11.6 Å². The molecule has 4 rings (SSSR count). The van der Waals surface area contributed by atoms with Gasteiger partial charge in [-0.3, -0.25) is 9.67 Å². The molecule has 3 heterocycles. The smallest absolute Gasteiger partial charge is 0.161 e. The van der Waals surface area contributed by atoms with Crippen molar-refractivity contribution in [2.24, 2.45) is 13.0 Å². The Morgan fingerprint density at radius 2 is 2.08 bits per heavy atom. The van der Waals surface area contributed by atoms with Crippen LogP contribution in [0.5, 0.6) is 0 Å². The number of anilines is 1. The first kappa shape index (κ1) is 15.9. The van der Waals surface area contributed by atoms with Crippen molar-refractivity contribution < 1.29 is 13.5 Å². The molecule has 1 N–H and O–H groups in total. The summed E-state index contributed by atoms with van der Waals surface area (Å²) in [6.07, 6.45) is 4.17. The number of aromatic nitrogens is 4. The van der Waals surface area contributed by atoms with Crippen LogP contribution in [0.4, 0.5) is 14.6 Å². The SMILES string of the molecule is Cn1nccc1[C@@H]1OCC[C@H]1CNc1cnc2cc(F)c(F)cc2n1. The molecular weight excluding hydrogens is 328 g/mol. The number of fused-ring (bicyclic) bond motifs is 1. The third kappa shape index (κ3) is 3.05. The molecule has 8 heteroatoms. The second-order valence-corrected chi connectivity index (χ2v) is 6.11. The number of nitrogens with one attached hydrogen (secondary N) is 1. The summed E-state index contributed by atoms with van der Waals surface area (Å²) in [5, 5.41) is 7.42. The summed E-state index contributed by atoms with van der Waals surface area (Å²) in [5.41, 5.74) is 1.67. The molecule has 1 aromatic carbocycles. The maximum absolute atomic E-state index is 13.4. The number of hydrogen-bond acceptors (Lipinski definition) is 5. The van der Waals surface area contributed by atoms with Gasteiger partial charge in [-0.1, -0.05) is 0 Å². The lowest BCUT2D eigenvalue weighted by Gasteiger charge is -2.19. The van der Waals surface area contributed by atoms with E-state index in [0.29, 0.717) is 30.0 Å². The highest BCUT2D eigenvalue weighted by atomic mass is 19.2. The van der Waals surface area contributed by atoms with Crippen molar-refractivity contribution >= 4 is 16.9 Å². The first-order valence-electron chi connectivity index (χ1n) is 8.07. The highest BCUT2D eigenvalue weighted by molar-refractivity contribution is 5.75. The molecule has 0 unspecified atom stereocenters. The Morgan fingerprint density at radius 3 is 2.84 bits per heavy atom. The first-order valence-corrected chi connectivity index (χ1v) is 8.07. The highest BCUT2D eigenvalue weighted by Crippen LogP contribution is 2.34. The predicted molar refractivity (Wildman–Crippen MR) is 88.0 cm³/mol. The summed E-state index contributed by atoms with van der Waals surface area (Å²) < 4.78 is 34.3. The lowest BCUT2D eigenvalue weighted by molar-refractivity contribution is 0.0866. The summed E-state index contributed by atoms with van der Waals surface area (Å²) in [7, 11) is 1.89. The van der Waals surface area contributed by atoms with E-state index in [2.05, 4.69) is 20.4 Å². The number of ether oxygens (including phenoxy) is 1. The number of nitrogens with zero attached hydrogens (tertiary/aromatic N) is 4. The number of rotatable bonds is 4. The number of halogens is 2. The van der Waals surface area contributed by atoms with Gasteiger partial charge in [0.05, 0.1) is 22.9 Å². The Morgan fingerprint density at radius 1 is 1.28 bits per heavy atom. The monoisotopic (exact) mass is 345 g/mol. The topological polar surface area (TPSA) is 64.9 Å². The van der Waals surface area contributed by atoms with Crippen molar-refractivity contribution in [1.29, 1.82) is 0 Å². The van der Waals surface area contributed by atoms with E-state index in [0.717, 1.165) is 24.2 Å². The fourth-order valence-corrected chi connectivity index (χ4v) is 3.16. The largest absolute Gasteiger partial charge is 0.372 e. The lowest BCUT2D eigenvalue weighted by Crippen LogP contribution is -2.20. The molecule has 3 aromatic rings. The summed E-state index contributed by atoms with van der Waals surface area (Å²) in [5.74, 6) is -1.07. The zero-order valence-electron chi connectivity index (χ0n) is 13.6. The molecule has 1 fully saturated rings. The normalized spacial score (nSPS) is 20.3. The van der Waals surface area contributed by atoms with Crippen LogP contribution in [0.2, 0.25) is 0 Å². The maximum atomic E-state index is 13.4. The molecule has 0 amide bonds. The third-order valence-electron chi connectivity index (χ3n) is 4.49. The van der Waals surface area contributed by atoms with Gasteiger partial charge in [0.15, 0.2) is 11.6 Å². The first-order chi connectivity index (χ1) is 12.1. The van der Waals surface area contributed by atoms with Gasteiger partial charge in [-0.25, -0.2) is 13.8 Å². The van der Waals surface area contributed by atoms with Crippen molar-refractivity contribution in [2.45, 2.75) is 12.5 Å². The predicted octanol–water partition coefficient (Wildman–Crippen LogP) is 2.83. The van der Waals surface area contributed by atoms with E-state index in [1.807, 2.05) is 17.8 Å². The quantitative estimate of drug-likeness (QED) is 0.788.